The number of rotatable bonds is 6. The number of nitrogens with two attached hydrogens (primary N) is 1. The van der Waals surface area contributed by atoms with Gasteiger partial charge in [0.25, 0.3) is 0 Å². The number of aromatic nitrogens is 6. The molecule has 0 saturated heterocycles. The van der Waals surface area contributed by atoms with Crippen LogP contribution < -0.4 is 11.1 Å². The predicted molar refractivity (Wildman–Crippen MR) is 127 cm³/mol. The summed E-state index contributed by atoms with van der Waals surface area (Å²) < 4.78 is 44.4. The third kappa shape index (κ3) is 4.73. The van der Waals surface area contributed by atoms with Crippen LogP contribution in [0.3, 0.4) is 0 Å². The molecule has 36 heavy (non-hydrogen) atoms. The first-order valence-corrected chi connectivity index (χ1v) is 10.8. The molecule has 5 aromatic rings. The van der Waals surface area contributed by atoms with E-state index in [1.54, 1.807) is 54.6 Å². The number of carbonyl (C=O) groups is 1. The van der Waals surface area contributed by atoms with E-state index in [1.165, 1.54) is 15.6 Å². The Balaban J connectivity index is 1.45. The highest BCUT2D eigenvalue weighted by atomic mass is 19.4. The fourth-order valence-corrected chi connectivity index (χ4v) is 3.80. The first kappa shape index (κ1) is 23.0. The number of nitrogen functional groups attached to an aromatic ring is 1. The maximum absolute atomic E-state index is 13.9. The van der Waals surface area contributed by atoms with Gasteiger partial charge in [0.05, 0.1) is 29.4 Å². The molecule has 182 valence electrons. The maximum atomic E-state index is 13.9. The van der Waals surface area contributed by atoms with Gasteiger partial charge in [-0.3, -0.25) is 4.79 Å². The first-order chi connectivity index (χ1) is 17.3. The molecule has 0 unspecified atom stereocenters. The Bertz CT molecular complexity index is 1530. The summed E-state index contributed by atoms with van der Waals surface area (Å²) in [7, 11) is 0. The van der Waals surface area contributed by atoms with E-state index in [1.807, 2.05) is 6.07 Å². The van der Waals surface area contributed by atoms with Gasteiger partial charge in [-0.15, -0.1) is 5.10 Å². The van der Waals surface area contributed by atoms with Crippen molar-refractivity contribution in [2.24, 2.45) is 0 Å². The minimum Gasteiger partial charge on any atom is -0.382 e. The van der Waals surface area contributed by atoms with Crippen molar-refractivity contribution in [2.75, 3.05) is 11.1 Å². The Labute approximate surface area is 202 Å². The summed E-state index contributed by atoms with van der Waals surface area (Å²) in [6, 6.07) is 18.4. The van der Waals surface area contributed by atoms with E-state index >= 15 is 0 Å². The van der Waals surface area contributed by atoms with Crippen molar-refractivity contribution < 1.29 is 18.0 Å². The maximum Gasteiger partial charge on any atom is 0.417 e. The van der Waals surface area contributed by atoms with Gasteiger partial charge < -0.3 is 11.1 Å². The third-order valence-electron chi connectivity index (χ3n) is 5.37. The lowest BCUT2D eigenvalue weighted by Gasteiger charge is -2.11. The molecule has 0 atom stereocenters. The zero-order chi connectivity index (χ0) is 25.3. The number of halogens is 3. The average Bonchev–Trinajstić information content (AvgIpc) is 3.42. The van der Waals surface area contributed by atoms with Crippen LogP contribution in [0.2, 0.25) is 0 Å². The second kappa shape index (κ2) is 9.13. The van der Waals surface area contributed by atoms with E-state index in [-0.39, 0.29) is 41.5 Å². The van der Waals surface area contributed by atoms with Crippen LogP contribution in [0.1, 0.15) is 11.3 Å². The Morgan fingerprint density at radius 2 is 1.72 bits per heavy atom. The van der Waals surface area contributed by atoms with Gasteiger partial charge in [-0.05, 0) is 18.2 Å². The molecule has 3 aromatic heterocycles. The molecule has 0 radical (unpaired) electrons. The summed E-state index contributed by atoms with van der Waals surface area (Å²) in [5, 5.41) is 14.5. The van der Waals surface area contributed by atoms with Crippen molar-refractivity contribution in [1.29, 1.82) is 0 Å². The molecule has 0 bridgehead atoms. The van der Waals surface area contributed by atoms with Gasteiger partial charge in [-0.2, -0.15) is 18.3 Å². The number of hydrogen-bond acceptors (Lipinski definition) is 6. The second-order valence-corrected chi connectivity index (χ2v) is 7.98. The second-order valence-electron chi connectivity index (χ2n) is 7.98. The fraction of sp³-hybridized carbons (Fsp3) is 0.125. The van der Waals surface area contributed by atoms with E-state index in [9.17, 15) is 18.0 Å². The molecular formula is C24H19F3N8O. The normalized spacial score (nSPS) is 11.6. The van der Waals surface area contributed by atoms with Crippen LogP contribution in [-0.2, 0) is 24.1 Å². The highest BCUT2D eigenvalue weighted by Gasteiger charge is 2.36. The van der Waals surface area contributed by atoms with Crippen molar-refractivity contribution in [1.82, 2.24) is 29.8 Å². The van der Waals surface area contributed by atoms with Gasteiger partial charge in [0.1, 0.15) is 12.2 Å². The number of para-hydroxylation sites is 1. The molecule has 0 spiro atoms. The van der Waals surface area contributed by atoms with Gasteiger partial charge in [0, 0.05) is 11.3 Å². The van der Waals surface area contributed by atoms with Crippen molar-refractivity contribution in [3.63, 3.8) is 0 Å². The van der Waals surface area contributed by atoms with Crippen molar-refractivity contribution in [2.45, 2.75) is 19.3 Å². The van der Waals surface area contributed by atoms with Crippen molar-refractivity contribution in [3.05, 3.63) is 84.2 Å². The molecule has 0 aliphatic heterocycles. The third-order valence-corrected chi connectivity index (χ3v) is 5.37. The SMILES string of the molecule is Nc1nn(Cc2cn(CC(=O)Nc3ccccc3)nn2)c2nc(-c3ccccc3)cc(C(F)(F)F)c12. The smallest absolute Gasteiger partial charge is 0.382 e. The fourth-order valence-electron chi connectivity index (χ4n) is 3.80. The van der Waals surface area contributed by atoms with Gasteiger partial charge >= 0.3 is 6.18 Å². The quantitative estimate of drug-likeness (QED) is 0.370. The minimum atomic E-state index is -4.66. The van der Waals surface area contributed by atoms with Crippen molar-refractivity contribution >= 4 is 28.4 Å². The summed E-state index contributed by atoms with van der Waals surface area (Å²) in [5.41, 5.74) is 6.61. The Hall–Kier alpha value is -4.74. The number of fused-ring (bicyclic) bond motifs is 1. The number of hydrogen-bond donors (Lipinski definition) is 2. The molecule has 0 aliphatic carbocycles. The van der Waals surface area contributed by atoms with Crippen LogP contribution in [-0.4, -0.2) is 35.7 Å². The standard InChI is InChI=1S/C24H19F3N8O/c25-24(26,27)18-11-19(15-7-3-1-4-8-15)30-23-21(18)22(28)32-35(23)13-17-12-34(33-31-17)14-20(36)29-16-9-5-2-6-10-16/h1-12H,13-14H2,(H2,28,32)(H,29,36). The molecule has 0 saturated carbocycles. The lowest BCUT2D eigenvalue weighted by atomic mass is 10.1. The summed E-state index contributed by atoms with van der Waals surface area (Å²) in [4.78, 5) is 16.7. The topological polar surface area (TPSA) is 117 Å². The molecule has 0 fully saturated rings. The molecule has 9 nitrogen and oxygen atoms in total. The molecule has 0 aliphatic rings. The molecule has 1 amide bonds. The lowest BCUT2D eigenvalue weighted by molar-refractivity contribution is -0.136. The van der Waals surface area contributed by atoms with Crippen molar-refractivity contribution in [3.8, 4) is 11.3 Å². The number of nitrogens with one attached hydrogen (secondary N) is 1. The Morgan fingerprint density at radius 3 is 2.42 bits per heavy atom. The highest BCUT2D eigenvalue weighted by molar-refractivity contribution is 5.92. The number of carbonyl (C=O) groups excluding carboxylic acids is 1. The molecule has 3 N–H and O–H groups in total. The van der Waals surface area contributed by atoms with Crippen LogP contribution in [0.4, 0.5) is 24.7 Å². The van der Waals surface area contributed by atoms with E-state index in [0.717, 1.165) is 6.07 Å². The Morgan fingerprint density at radius 1 is 1.03 bits per heavy atom. The zero-order valence-corrected chi connectivity index (χ0v) is 18.6. The largest absolute Gasteiger partial charge is 0.417 e. The van der Waals surface area contributed by atoms with Crippen LogP contribution in [0, 0.1) is 0 Å². The van der Waals surface area contributed by atoms with Gasteiger partial charge in [-0.25, -0.2) is 14.3 Å². The predicted octanol–water partition coefficient (Wildman–Crippen LogP) is 3.98. The summed E-state index contributed by atoms with van der Waals surface area (Å²) in [6.45, 7) is -0.144. The van der Waals surface area contributed by atoms with Gasteiger partial charge in [-0.1, -0.05) is 53.7 Å². The highest BCUT2D eigenvalue weighted by Crippen LogP contribution is 2.39. The van der Waals surface area contributed by atoms with E-state index < -0.39 is 11.7 Å². The Kier molecular flexibility index (Phi) is 5.84. The van der Waals surface area contributed by atoms with Crippen LogP contribution in [0.15, 0.2) is 72.9 Å². The molecule has 2 aromatic carbocycles. The van der Waals surface area contributed by atoms with E-state index in [4.69, 9.17) is 5.73 Å². The van der Waals surface area contributed by atoms with E-state index in [0.29, 0.717) is 16.9 Å². The monoisotopic (exact) mass is 492 g/mol. The molecule has 12 heteroatoms. The van der Waals surface area contributed by atoms with Crippen LogP contribution in [0.25, 0.3) is 22.3 Å². The number of amides is 1. The average molecular weight is 492 g/mol. The number of nitrogens with zero attached hydrogens (tertiary/aromatic N) is 6. The van der Waals surface area contributed by atoms with Crippen LogP contribution in [0.5, 0.6) is 0 Å². The van der Waals surface area contributed by atoms with Gasteiger partial charge in [0.2, 0.25) is 5.91 Å². The number of pyridine rings is 1. The number of anilines is 2. The molecule has 5 rings (SSSR count). The van der Waals surface area contributed by atoms with Crippen LogP contribution >= 0.6 is 0 Å². The summed E-state index contributed by atoms with van der Waals surface area (Å²) >= 11 is 0. The van der Waals surface area contributed by atoms with Gasteiger partial charge in [0.15, 0.2) is 11.5 Å². The molecule has 3 heterocycles. The number of alkyl halides is 3. The number of benzene rings is 2. The summed E-state index contributed by atoms with van der Waals surface area (Å²) in [5.74, 6) is -0.602. The first-order valence-electron chi connectivity index (χ1n) is 10.8. The summed E-state index contributed by atoms with van der Waals surface area (Å²) in [6.07, 6.45) is -3.15. The lowest BCUT2D eigenvalue weighted by Crippen LogP contribution is -2.19. The minimum absolute atomic E-state index is 0.0300. The molecular weight excluding hydrogens is 473 g/mol. The zero-order valence-electron chi connectivity index (χ0n) is 18.6. The van der Waals surface area contributed by atoms with E-state index in [2.05, 4.69) is 25.7 Å².